The molecule has 2 aromatic rings. The Labute approximate surface area is 191 Å². The molecule has 2 heterocycles. The summed E-state index contributed by atoms with van der Waals surface area (Å²) in [5.74, 6) is 0.0519. The van der Waals surface area contributed by atoms with E-state index in [1.807, 2.05) is 24.3 Å². The first-order chi connectivity index (χ1) is 15.5. The van der Waals surface area contributed by atoms with Crippen LogP contribution in [0.25, 0.3) is 0 Å². The summed E-state index contributed by atoms with van der Waals surface area (Å²) >= 11 is 0. The molecular formula is C27H33N3O2. The van der Waals surface area contributed by atoms with Gasteiger partial charge in [0.05, 0.1) is 0 Å². The maximum absolute atomic E-state index is 13.3. The van der Waals surface area contributed by atoms with Crippen molar-refractivity contribution in [3.8, 4) is 0 Å². The zero-order valence-electron chi connectivity index (χ0n) is 19.2. The Morgan fingerprint density at radius 3 is 2.41 bits per heavy atom. The van der Waals surface area contributed by atoms with Crippen LogP contribution in [-0.4, -0.2) is 61.4 Å². The quantitative estimate of drug-likeness (QED) is 0.745. The maximum Gasteiger partial charge on any atom is 0.245 e. The van der Waals surface area contributed by atoms with Gasteiger partial charge in [-0.3, -0.25) is 14.5 Å². The number of hydrogen-bond donors (Lipinski definition) is 0. The molecular weight excluding hydrogens is 398 g/mol. The lowest BCUT2D eigenvalue weighted by Crippen LogP contribution is -2.48. The number of fused-ring (bicyclic) bond motifs is 3. The number of likely N-dealkylation sites (tertiary alicyclic amines) is 1. The lowest BCUT2D eigenvalue weighted by Gasteiger charge is -2.40. The number of nitrogens with zero attached hydrogens (tertiary/aromatic N) is 3. The van der Waals surface area contributed by atoms with Crippen molar-refractivity contribution < 1.29 is 9.59 Å². The third-order valence-electron chi connectivity index (χ3n) is 7.89. The first kappa shape index (κ1) is 21.2. The number of carbonyl (C=O) groups excluding carboxylic acids is 2. The zero-order chi connectivity index (χ0) is 22.3. The molecule has 3 aliphatic rings. The van der Waals surface area contributed by atoms with Gasteiger partial charge in [0.25, 0.3) is 0 Å². The maximum atomic E-state index is 13.3. The number of likely N-dealkylation sites (N-methyl/N-ethyl adjacent to an activating group) is 1. The summed E-state index contributed by atoms with van der Waals surface area (Å²) in [5.41, 5.74) is 5.42. The highest BCUT2D eigenvalue weighted by molar-refractivity contribution is 6.03. The van der Waals surface area contributed by atoms with Crippen molar-refractivity contribution in [2.75, 3.05) is 38.6 Å². The summed E-state index contributed by atoms with van der Waals surface area (Å²) in [4.78, 5) is 31.9. The van der Waals surface area contributed by atoms with E-state index < -0.39 is 6.04 Å². The standard InChI is InChI=1S/C27H33N3O2/c1-28(2)26(32)24-19-21-8-4-6-10-23(21)30(24)25(31)12-16-29-17-14-27(15-18-29)13-11-20-7-3-5-9-22(20)27/h3-10,24H,11-19H2,1-2H3/t24-/m0/s1. The van der Waals surface area contributed by atoms with E-state index in [4.69, 9.17) is 0 Å². The van der Waals surface area contributed by atoms with E-state index in [1.165, 1.54) is 31.2 Å². The van der Waals surface area contributed by atoms with Crippen molar-refractivity contribution in [2.45, 2.75) is 50.0 Å². The Bertz CT molecular complexity index is 1020. The van der Waals surface area contributed by atoms with Gasteiger partial charge in [0.15, 0.2) is 0 Å². The molecule has 168 valence electrons. The third-order valence-corrected chi connectivity index (χ3v) is 7.89. The fraction of sp³-hybridized carbons (Fsp3) is 0.481. The molecule has 5 rings (SSSR count). The molecule has 0 radical (unpaired) electrons. The largest absolute Gasteiger partial charge is 0.347 e. The number of para-hydroxylation sites is 1. The van der Waals surface area contributed by atoms with Crippen LogP contribution in [-0.2, 0) is 27.8 Å². The lowest BCUT2D eigenvalue weighted by molar-refractivity contribution is -0.132. The van der Waals surface area contributed by atoms with Gasteiger partial charge in [0, 0.05) is 39.2 Å². The molecule has 0 aromatic heterocycles. The minimum absolute atomic E-state index is 0.00522. The van der Waals surface area contributed by atoms with Gasteiger partial charge in [0.1, 0.15) is 6.04 Å². The van der Waals surface area contributed by atoms with E-state index >= 15 is 0 Å². The molecule has 1 aliphatic carbocycles. The van der Waals surface area contributed by atoms with Crippen molar-refractivity contribution in [1.82, 2.24) is 9.80 Å². The van der Waals surface area contributed by atoms with E-state index in [-0.39, 0.29) is 11.8 Å². The summed E-state index contributed by atoms with van der Waals surface area (Å²) in [5, 5.41) is 0. The third kappa shape index (κ3) is 3.62. The first-order valence-corrected chi connectivity index (χ1v) is 11.9. The monoisotopic (exact) mass is 431 g/mol. The van der Waals surface area contributed by atoms with Gasteiger partial charge in [-0.1, -0.05) is 42.5 Å². The van der Waals surface area contributed by atoms with Gasteiger partial charge < -0.3 is 9.80 Å². The molecule has 2 aromatic carbocycles. The summed E-state index contributed by atoms with van der Waals surface area (Å²) in [6.07, 6.45) is 5.86. The van der Waals surface area contributed by atoms with Crippen LogP contribution >= 0.6 is 0 Å². The Morgan fingerprint density at radius 2 is 1.66 bits per heavy atom. The van der Waals surface area contributed by atoms with E-state index in [9.17, 15) is 9.59 Å². The molecule has 5 heteroatoms. The van der Waals surface area contributed by atoms with Gasteiger partial charge in [0.2, 0.25) is 11.8 Å². The molecule has 0 N–H and O–H groups in total. The SMILES string of the molecule is CN(C)C(=O)[C@@H]1Cc2ccccc2N1C(=O)CCN1CCC2(CCc3ccccc32)CC1. The van der Waals surface area contributed by atoms with Crippen LogP contribution < -0.4 is 4.90 Å². The average Bonchev–Trinajstić information content (AvgIpc) is 3.37. The molecule has 32 heavy (non-hydrogen) atoms. The molecule has 5 nitrogen and oxygen atoms in total. The van der Waals surface area contributed by atoms with Crippen LogP contribution in [0.2, 0.25) is 0 Å². The van der Waals surface area contributed by atoms with Gasteiger partial charge >= 0.3 is 0 Å². The number of rotatable bonds is 4. The van der Waals surface area contributed by atoms with Crippen molar-refractivity contribution >= 4 is 17.5 Å². The predicted octanol–water partition coefficient (Wildman–Crippen LogP) is 3.40. The fourth-order valence-corrected chi connectivity index (χ4v) is 6.05. The minimum Gasteiger partial charge on any atom is -0.347 e. The van der Waals surface area contributed by atoms with E-state index in [0.717, 1.165) is 30.9 Å². The zero-order valence-corrected chi connectivity index (χ0v) is 19.2. The Kier molecular flexibility index (Phi) is 5.54. The van der Waals surface area contributed by atoms with Gasteiger partial charge in [-0.2, -0.15) is 0 Å². The second kappa shape index (κ2) is 8.36. The number of carbonyl (C=O) groups is 2. The highest BCUT2D eigenvalue weighted by Crippen LogP contribution is 2.46. The van der Waals surface area contributed by atoms with Crippen LogP contribution in [0.4, 0.5) is 5.69 Å². The first-order valence-electron chi connectivity index (χ1n) is 11.9. The van der Waals surface area contributed by atoms with Gasteiger partial charge in [-0.15, -0.1) is 0 Å². The molecule has 0 unspecified atom stereocenters. The number of benzene rings is 2. The molecule has 1 spiro atoms. The summed E-state index contributed by atoms with van der Waals surface area (Å²) in [6.45, 7) is 2.84. The van der Waals surface area contributed by atoms with E-state index in [1.54, 1.807) is 29.5 Å². The van der Waals surface area contributed by atoms with E-state index in [0.29, 0.717) is 18.3 Å². The molecule has 1 fully saturated rings. The number of hydrogen-bond acceptors (Lipinski definition) is 3. The normalized spacial score (nSPS) is 21.4. The molecule has 2 amide bonds. The van der Waals surface area contributed by atoms with Crippen LogP contribution in [0.1, 0.15) is 42.4 Å². The molecule has 1 atom stereocenters. The number of anilines is 1. The van der Waals surface area contributed by atoms with Crippen LogP contribution in [0.3, 0.4) is 0 Å². The Hall–Kier alpha value is -2.66. The summed E-state index contributed by atoms with van der Waals surface area (Å²) in [6, 6.07) is 16.5. The highest BCUT2D eigenvalue weighted by atomic mass is 16.2. The Balaban J connectivity index is 1.23. The summed E-state index contributed by atoms with van der Waals surface area (Å²) in [7, 11) is 3.53. The number of amides is 2. The van der Waals surface area contributed by atoms with Crippen LogP contribution in [0, 0.1) is 0 Å². The van der Waals surface area contributed by atoms with Gasteiger partial charge in [-0.25, -0.2) is 0 Å². The summed E-state index contributed by atoms with van der Waals surface area (Å²) < 4.78 is 0. The molecule has 0 saturated carbocycles. The molecule has 2 aliphatic heterocycles. The second-order valence-electron chi connectivity index (χ2n) is 9.87. The fourth-order valence-electron chi connectivity index (χ4n) is 6.05. The average molecular weight is 432 g/mol. The number of piperidine rings is 1. The predicted molar refractivity (Wildman–Crippen MR) is 127 cm³/mol. The van der Waals surface area contributed by atoms with Crippen molar-refractivity contribution in [1.29, 1.82) is 0 Å². The Morgan fingerprint density at radius 1 is 0.969 bits per heavy atom. The van der Waals surface area contributed by atoms with Crippen molar-refractivity contribution in [2.24, 2.45) is 0 Å². The lowest BCUT2D eigenvalue weighted by atomic mass is 9.74. The van der Waals surface area contributed by atoms with Crippen LogP contribution in [0.15, 0.2) is 48.5 Å². The van der Waals surface area contributed by atoms with E-state index in [2.05, 4.69) is 29.2 Å². The van der Waals surface area contributed by atoms with Crippen molar-refractivity contribution in [3.05, 3.63) is 65.2 Å². The smallest absolute Gasteiger partial charge is 0.245 e. The molecule has 0 bridgehead atoms. The van der Waals surface area contributed by atoms with Crippen LogP contribution in [0.5, 0.6) is 0 Å². The minimum atomic E-state index is -0.422. The second-order valence-corrected chi connectivity index (χ2v) is 9.87. The number of aryl methyl sites for hydroxylation is 1. The topological polar surface area (TPSA) is 43.9 Å². The highest BCUT2D eigenvalue weighted by Gasteiger charge is 2.42. The molecule has 1 saturated heterocycles. The van der Waals surface area contributed by atoms with Gasteiger partial charge in [-0.05, 0) is 66.9 Å². The van der Waals surface area contributed by atoms with Crippen molar-refractivity contribution in [3.63, 3.8) is 0 Å².